The van der Waals surface area contributed by atoms with Gasteiger partial charge in [-0.05, 0) is 49.2 Å². The van der Waals surface area contributed by atoms with Gasteiger partial charge in [0.15, 0.2) is 6.61 Å². The number of nitrogens with one attached hydrogen (secondary N) is 1. The zero-order valence-electron chi connectivity index (χ0n) is 15.4. The van der Waals surface area contributed by atoms with Crippen LogP contribution in [-0.2, 0) is 4.79 Å². The first-order valence-electron chi connectivity index (χ1n) is 9.51. The Hall–Kier alpha value is -2.91. The molecule has 1 N–H and O–H groups in total. The van der Waals surface area contributed by atoms with Crippen LogP contribution in [0.3, 0.4) is 0 Å². The predicted octanol–water partition coefficient (Wildman–Crippen LogP) is 5.11. The molecule has 0 spiro atoms. The van der Waals surface area contributed by atoms with Crippen LogP contribution in [0, 0.1) is 17.2 Å². The molecule has 1 heterocycles. The molecular weight excluding hydrogens is 370 g/mol. The van der Waals surface area contributed by atoms with Gasteiger partial charge >= 0.3 is 0 Å². The third-order valence-corrected chi connectivity index (χ3v) is 6.32. The number of amides is 1. The zero-order chi connectivity index (χ0) is 19.3. The number of carbonyl (C=O) groups is 1. The number of benzene rings is 2. The van der Waals surface area contributed by atoms with Crippen molar-refractivity contribution in [2.24, 2.45) is 5.92 Å². The molecule has 0 aliphatic heterocycles. The number of nitrogens with zero attached hydrogens (tertiary/aromatic N) is 2. The molecule has 0 bridgehead atoms. The van der Waals surface area contributed by atoms with Gasteiger partial charge < -0.3 is 10.1 Å². The van der Waals surface area contributed by atoms with E-state index in [2.05, 4.69) is 11.4 Å². The molecule has 1 aliphatic carbocycles. The molecule has 1 aliphatic rings. The highest BCUT2D eigenvalue weighted by Crippen LogP contribution is 2.41. The van der Waals surface area contributed by atoms with E-state index in [4.69, 9.17) is 15.0 Å². The zero-order valence-corrected chi connectivity index (χ0v) is 16.2. The van der Waals surface area contributed by atoms with E-state index in [1.54, 1.807) is 35.6 Å². The first-order chi connectivity index (χ1) is 13.7. The minimum absolute atomic E-state index is 0.0115. The summed E-state index contributed by atoms with van der Waals surface area (Å²) < 4.78 is 6.43. The van der Waals surface area contributed by atoms with Crippen molar-refractivity contribution in [3.63, 3.8) is 0 Å². The van der Waals surface area contributed by atoms with Crippen LogP contribution < -0.4 is 10.1 Å². The van der Waals surface area contributed by atoms with Crippen LogP contribution in [0.25, 0.3) is 10.2 Å². The molecule has 2 unspecified atom stereocenters. The van der Waals surface area contributed by atoms with Gasteiger partial charge in [-0.15, -0.1) is 11.3 Å². The summed E-state index contributed by atoms with van der Waals surface area (Å²) in [5.41, 5.74) is 1.75. The fourth-order valence-electron chi connectivity index (χ4n) is 3.77. The maximum absolute atomic E-state index is 13.0. The van der Waals surface area contributed by atoms with Crippen molar-refractivity contribution in [1.82, 2.24) is 4.98 Å². The van der Waals surface area contributed by atoms with E-state index in [0.29, 0.717) is 5.75 Å². The number of aromatic nitrogens is 1. The summed E-state index contributed by atoms with van der Waals surface area (Å²) in [6.07, 6.45) is 4.09. The lowest BCUT2D eigenvalue weighted by Crippen LogP contribution is -2.30. The van der Waals surface area contributed by atoms with Crippen LogP contribution >= 0.6 is 11.3 Å². The Kier molecular flexibility index (Phi) is 5.54. The Morgan fingerprint density at radius 3 is 2.75 bits per heavy atom. The summed E-state index contributed by atoms with van der Waals surface area (Å²) in [7, 11) is 0. The Balaban J connectivity index is 1.49. The average molecular weight is 391 g/mol. The Bertz CT molecular complexity index is 974. The molecule has 4 rings (SSSR count). The van der Waals surface area contributed by atoms with E-state index >= 15 is 0 Å². The summed E-state index contributed by atoms with van der Waals surface area (Å²) >= 11 is 1.71. The second-order valence-corrected chi connectivity index (χ2v) is 8.04. The Labute approximate surface area is 168 Å². The van der Waals surface area contributed by atoms with Gasteiger partial charge in [-0.3, -0.25) is 4.79 Å². The summed E-state index contributed by atoms with van der Waals surface area (Å²) in [6.45, 7) is 0.0115. The topological polar surface area (TPSA) is 75.0 Å². The average Bonchev–Trinajstić information content (AvgIpc) is 3.17. The normalized spacial score (nSPS) is 19.1. The van der Waals surface area contributed by atoms with Crippen LogP contribution in [0.1, 0.15) is 36.6 Å². The number of carbonyl (C=O) groups excluding carboxylic acids is 1. The minimum atomic E-state index is -0.0659. The van der Waals surface area contributed by atoms with Gasteiger partial charge in [-0.25, -0.2) is 4.98 Å². The van der Waals surface area contributed by atoms with Gasteiger partial charge in [0.25, 0.3) is 0 Å². The maximum atomic E-state index is 13.0. The maximum Gasteiger partial charge on any atom is 0.228 e. The predicted molar refractivity (Wildman–Crippen MR) is 110 cm³/mol. The van der Waals surface area contributed by atoms with Crippen molar-refractivity contribution >= 4 is 33.1 Å². The minimum Gasteiger partial charge on any atom is -0.479 e. The third-order valence-electron chi connectivity index (χ3n) is 5.16. The molecular formula is C22H21N3O2S. The quantitative estimate of drug-likeness (QED) is 0.656. The second kappa shape index (κ2) is 8.41. The molecule has 1 saturated carbocycles. The van der Waals surface area contributed by atoms with Crippen LogP contribution in [0.2, 0.25) is 0 Å². The number of anilines is 1. The Morgan fingerprint density at radius 1 is 1.18 bits per heavy atom. The van der Waals surface area contributed by atoms with Crippen LogP contribution in [0.5, 0.6) is 5.75 Å². The summed E-state index contributed by atoms with van der Waals surface area (Å²) in [5, 5.41) is 12.7. The van der Waals surface area contributed by atoms with E-state index in [1.165, 1.54) is 4.70 Å². The molecule has 6 heteroatoms. The lowest BCUT2D eigenvalue weighted by molar-refractivity contribution is -0.121. The van der Waals surface area contributed by atoms with Gasteiger partial charge in [-0.2, -0.15) is 5.26 Å². The number of fused-ring (bicyclic) bond motifs is 1. The van der Waals surface area contributed by atoms with E-state index in [-0.39, 0.29) is 24.3 Å². The van der Waals surface area contributed by atoms with E-state index in [1.807, 2.05) is 24.3 Å². The van der Waals surface area contributed by atoms with Crippen molar-refractivity contribution in [1.29, 1.82) is 5.26 Å². The smallest absolute Gasteiger partial charge is 0.228 e. The highest BCUT2D eigenvalue weighted by Gasteiger charge is 2.34. The first kappa shape index (κ1) is 18.5. The summed E-state index contributed by atoms with van der Waals surface area (Å²) in [4.78, 5) is 17.8. The molecule has 2 atom stereocenters. The van der Waals surface area contributed by atoms with E-state index in [0.717, 1.165) is 41.9 Å². The standard InChI is InChI=1S/C22H21N3O2S/c23-13-14-27-16-11-9-15(10-12-16)24-21(26)17-5-1-2-6-18(17)22-25-19-7-3-4-8-20(19)28-22/h3-4,7-12,17-18H,1-2,5-6,14H2,(H,24,26). The fraction of sp³-hybridized carbons (Fsp3) is 0.318. The highest BCUT2D eigenvalue weighted by molar-refractivity contribution is 7.18. The number of para-hydroxylation sites is 1. The number of rotatable bonds is 5. The molecule has 142 valence electrons. The molecule has 3 aromatic rings. The molecule has 1 fully saturated rings. The molecule has 2 aromatic carbocycles. The number of hydrogen-bond donors (Lipinski definition) is 1. The number of ether oxygens (including phenoxy) is 1. The fourth-order valence-corrected chi connectivity index (χ4v) is 4.94. The monoisotopic (exact) mass is 391 g/mol. The van der Waals surface area contributed by atoms with Crippen molar-refractivity contribution in [3.05, 3.63) is 53.5 Å². The number of hydrogen-bond acceptors (Lipinski definition) is 5. The van der Waals surface area contributed by atoms with Crippen molar-refractivity contribution in [2.45, 2.75) is 31.6 Å². The van der Waals surface area contributed by atoms with Gasteiger partial charge in [-0.1, -0.05) is 25.0 Å². The van der Waals surface area contributed by atoms with Gasteiger partial charge in [0.05, 0.1) is 15.2 Å². The van der Waals surface area contributed by atoms with Gasteiger partial charge in [0.2, 0.25) is 5.91 Å². The Morgan fingerprint density at radius 2 is 1.96 bits per heavy atom. The first-order valence-corrected chi connectivity index (χ1v) is 10.3. The van der Waals surface area contributed by atoms with E-state index in [9.17, 15) is 4.79 Å². The number of nitriles is 1. The summed E-state index contributed by atoms with van der Waals surface area (Å²) in [5.74, 6) is 0.771. The molecule has 1 amide bonds. The lowest BCUT2D eigenvalue weighted by atomic mass is 9.79. The SMILES string of the molecule is N#CCOc1ccc(NC(=O)C2CCCCC2c2nc3ccccc3s2)cc1. The van der Waals surface area contributed by atoms with Crippen LogP contribution in [0.15, 0.2) is 48.5 Å². The third kappa shape index (κ3) is 4.00. The molecule has 5 nitrogen and oxygen atoms in total. The van der Waals surface area contributed by atoms with Gasteiger partial charge in [0, 0.05) is 17.5 Å². The van der Waals surface area contributed by atoms with Crippen molar-refractivity contribution < 1.29 is 9.53 Å². The molecule has 0 saturated heterocycles. The van der Waals surface area contributed by atoms with Crippen LogP contribution in [0.4, 0.5) is 5.69 Å². The van der Waals surface area contributed by atoms with Crippen molar-refractivity contribution in [2.75, 3.05) is 11.9 Å². The molecule has 28 heavy (non-hydrogen) atoms. The van der Waals surface area contributed by atoms with Crippen LogP contribution in [-0.4, -0.2) is 17.5 Å². The lowest BCUT2D eigenvalue weighted by Gasteiger charge is -2.29. The number of thiazole rings is 1. The highest BCUT2D eigenvalue weighted by atomic mass is 32.1. The second-order valence-electron chi connectivity index (χ2n) is 6.98. The van der Waals surface area contributed by atoms with Crippen molar-refractivity contribution in [3.8, 4) is 11.8 Å². The molecule has 1 aromatic heterocycles. The largest absolute Gasteiger partial charge is 0.479 e. The molecule has 0 radical (unpaired) electrons. The summed E-state index contributed by atoms with van der Waals surface area (Å²) in [6, 6.07) is 17.2. The van der Waals surface area contributed by atoms with E-state index < -0.39 is 0 Å². The van der Waals surface area contributed by atoms with Gasteiger partial charge in [0.1, 0.15) is 11.8 Å².